The number of benzene rings is 2. The van der Waals surface area contributed by atoms with Crippen molar-refractivity contribution in [1.29, 1.82) is 0 Å². The summed E-state index contributed by atoms with van der Waals surface area (Å²) in [5.41, 5.74) is 2.11. The Balaban J connectivity index is 1.67. The number of carbonyl (C=O) groups excluding carboxylic acids is 1. The number of carbonyl (C=O) groups is 1. The summed E-state index contributed by atoms with van der Waals surface area (Å²) in [5.74, 6) is 1.30. The van der Waals surface area contributed by atoms with Gasteiger partial charge in [-0.15, -0.1) is 10.2 Å². The number of thioether (sulfide) groups is 1. The molecule has 1 aliphatic rings. The normalized spacial score (nSPS) is 18.6. The Morgan fingerprint density at radius 1 is 1.14 bits per heavy atom. The number of ether oxygens (including phenoxy) is 2. The van der Waals surface area contributed by atoms with E-state index in [0.717, 1.165) is 28.7 Å². The quantitative estimate of drug-likeness (QED) is 0.550. The van der Waals surface area contributed by atoms with Gasteiger partial charge >= 0.3 is 5.97 Å². The Hall–Kier alpha value is -2.80. The van der Waals surface area contributed by atoms with E-state index in [1.54, 1.807) is 7.11 Å². The molecule has 6 nitrogen and oxygen atoms in total. The second-order valence-electron chi connectivity index (χ2n) is 6.98. The average molecular weight is 410 g/mol. The van der Waals surface area contributed by atoms with E-state index < -0.39 is 0 Å². The van der Waals surface area contributed by atoms with E-state index in [-0.39, 0.29) is 17.3 Å². The smallest absolute Gasteiger partial charge is 0.319 e. The molecule has 0 amide bonds. The van der Waals surface area contributed by atoms with E-state index in [1.165, 1.54) is 17.3 Å². The molecule has 2 aromatic carbocycles. The van der Waals surface area contributed by atoms with Crippen molar-refractivity contribution in [2.24, 2.45) is 0 Å². The number of rotatable bonds is 7. The number of aromatic nitrogens is 3. The van der Waals surface area contributed by atoms with Gasteiger partial charge in [-0.1, -0.05) is 54.2 Å². The first kappa shape index (κ1) is 19.5. The summed E-state index contributed by atoms with van der Waals surface area (Å²) in [6.45, 7) is 2.61. The van der Waals surface area contributed by atoms with Gasteiger partial charge in [0.2, 0.25) is 0 Å². The summed E-state index contributed by atoms with van der Waals surface area (Å²) in [5, 5.41) is 9.34. The lowest BCUT2D eigenvalue weighted by atomic mass is 10.1. The summed E-state index contributed by atoms with van der Waals surface area (Å²) < 4.78 is 12.9. The van der Waals surface area contributed by atoms with Crippen LogP contribution in [-0.4, -0.2) is 39.2 Å². The molecule has 4 rings (SSSR count). The molecule has 0 spiro atoms. The van der Waals surface area contributed by atoms with E-state index in [1.807, 2.05) is 49.4 Å². The van der Waals surface area contributed by atoms with Crippen molar-refractivity contribution in [3.63, 3.8) is 0 Å². The minimum atomic E-state index is -0.254. The maximum Gasteiger partial charge on any atom is 0.319 e. The van der Waals surface area contributed by atoms with Crippen LogP contribution in [0.4, 0.5) is 0 Å². The van der Waals surface area contributed by atoms with Crippen LogP contribution in [0.3, 0.4) is 0 Å². The van der Waals surface area contributed by atoms with Gasteiger partial charge in [-0.2, -0.15) is 0 Å². The average Bonchev–Trinajstić information content (AvgIpc) is 3.29. The second kappa shape index (κ2) is 8.69. The summed E-state index contributed by atoms with van der Waals surface area (Å²) in [6.07, 6.45) is 1.45. The van der Waals surface area contributed by atoms with Crippen molar-refractivity contribution >= 4 is 17.7 Å². The highest BCUT2D eigenvalue weighted by molar-refractivity contribution is 8.00. The Bertz CT molecular complexity index is 990. The maximum atomic E-state index is 12.1. The fourth-order valence-electron chi connectivity index (χ4n) is 3.44. The van der Waals surface area contributed by atoms with Gasteiger partial charge in [0.25, 0.3) is 0 Å². The minimum Gasteiger partial charge on any atom is -0.496 e. The van der Waals surface area contributed by atoms with Crippen molar-refractivity contribution in [3.8, 4) is 17.1 Å². The number of cyclic esters (lactones) is 1. The monoisotopic (exact) mass is 409 g/mol. The number of hydrogen-bond acceptors (Lipinski definition) is 6. The number of aryl methyl sites for hydroxylation is 1. The zero-order valence-corrected chi connectivity index (χ0v) is 17.3. The van der Waals surface area contributed by atoms with Crippen molar-refractivity contribution in [2.45, 2.75) is 42.8 Å². The third kappa shape index (κ3) is 4.29. The molecule has 1 saturated heterocycles. The van der Waals surface area contributed by atoms with Crippen LogP contribution in [-0.2, 0) is 22.5 Å². The molecule has 1 aliphatic heterocycles. The Morgan fingerprint density at radius 2 is 1.90 bits per heavy atom. The van der Waals surface area contributed by atoms with Crippen molar-refractivity contribution in [3.05, 3.63) is 60.2 Å². The van der Waals surface area contributed by atoms with Gasteiger partial charge in [0, 0.05) is 13.0 Å². The lowest BCUT2D eigenvalue weighted by Gasteiger charge is -2.13. The third-order valence-corrected chi connectivity index (χ3v) is 6.09. The van der Waals surface area contributed by atoms with Gasteiger partial charge in [-0.3, -0.25) is 4.79 Å². The number of para-hydroxylation sites is 1. The largest absolute Gasteiger partial charge is 0.496 e. The summed E-state index contributed by atoms with van der Waals surface area (Å²) in [7, 11) is 1.65. The maximum absolute atomic E-state index is 12.1. The topological polar surface area (TPSA) is 66.2 Å². The molecule has 1 fully saturated rings. The van der Waals surface area contributed by atoms with E-state index in [2.05, 4.69) is 26.9 Å². The van der Waals surface area contributed by atoms with E-state index in [0.29, 0.717) is 13.0 Å². The van der Waals surface area contributed by atoms with Gasteiger partial charge in [0.05, 0.1) is 12.7 Å². The van der Waals surface area contributed by atoms with E-state index >= 15 is 0 Å². The molecule has 0 bridgehead atoms. The zero-order chi connectivity index (χ0) is 20.2. The molecule has 0 aliphatic carbocycles. The van der Waals surface area contributed by atoms with Crippen LogP contribution >= 0.6 is 11.8 Å². The molecule has 150 valence electrons. The zero-order valence-electron chi connectivity index (χ0n) is 16.4. The Labute approximate surface area is 174 Å². The Morgan fingerprint density at radius 3 is 2.62 bits per heavy atom. The van der Waals surface area contributed by atoms with Crippen LogP contribution in [0.5, 0.6) is 5.75 Å². The first-order valence-corrected chi connectivity index (χ1v) is 10.5. The Kier molecular flexibility index (Phi) is 5.85. The number of methoxy groups -OCH3 is 1. The van der Waals surface area contributed by atoms with Crippen molar-refractivity contribution in [2.75, 3.05) is 7.11 Å². The number of esters is 1. The molecule has 7 heteroatoms. The molecule has 0 saturated carbocycles. The highest BCUT2D eigenvalue weighted by Crippen LogP contribution is 2.35. The van der Waals surface area contributed by atoms with E-state index in [9.17, 15) is 4.79 Å². The third-order valence-electron chi connectivity index (χ3n) is 4.91. The van der Waals surface area contributed by atoms with Crippen LogP contribution in [0.15, 0.2) is 59.8 Å². The first-order chi connectivity index (χ1) is 14.2. The van der Waals surface area contributed by atoms with Crippen LogP contribution < -0.4 is 4.74 Å². The summed E-state index contributed by atoms with van der Waals surface area (Å²) in [4.78, 5) is 12.1. The minimum absolute atomic E-state index is 0.0608. The molecule has 0 unspecified atom stereocenters. The molecule has 3 aromatic rings. The lowest BCUT2D eigenvalue weighted by molar-refractivity contribution is -0.140. The highest BCUT2D eigenvalue weighted by atomic mass is 32.2. The van der Waals surface area contributed by atoms with Crippen LogP contribution in [0.25, 0.3) is 11.4 Å². The molecule has 2 atom stereocenters. The molecule has 0 N–H and O–H groups in total. The van der Waals surface area contributed by atoms with Gasteiger partial charge in [-0.25, -0.2) is 0 Å². The fraction of sp³-hybridized carbons (Fsp3) is 0.318. The van der Waals surface area contributed by atoms with Crippen molar-refractivity contribution in [1.82, 2.24) is 14.8 Å². The number of hydrogen-bond donors (Lipinski definition) is 0. The second-order valence-corrected chi connectivity index (χ2v) is 8.15. The molecule has 0 radical (unpaired) electrons. The number of nitrogens with zero attached hydrogens (tertiary/aromatic N) is 3. The van der Waals surface area contributed by atoms with Crippen molar-refractivity contribution < 1.29 is 14.3 Å². The highest BCUT2D eigenvalue weighted by Gasteiger charge is 2.34. The van der Waals surface area contributed by atoms with Gasteiger partial charge in [-0.05, 0) is 31.0 Å². The van der Waals surface area contributed by atoms with Gasteiger partial charge in [0.1, 0.15) is 17.1 Å². The first-order valence-electron chi connectivity index (χ1n) is 9.63. The molecule has 2 heterocycles. The predicted octanol–water partition coefficient (Wildman–Crippen LogP) is 3.99. The SMILES string of the molecule is COc1ccccc1-c1nnc(S[C@H]2C[C@H](C)OC2=O)n1CCc1ccccc1. The van der Waals surface area contributed by atoms with Gasteiger partial charge in [0.15, 0.2) is 11.0 Å². The molecule has 29 heavy (non-hydrogen) atoms. The van der Waals surface area contributed by atoms with Gasteiger partial charge < -0.3 is 14.0 Å². The molecular weight excluding hydrogens is 386 g/mol. The standard InChI is InChI=1S/C22H23N3O3S/c1-15-14-19(21(26)28-15)29-22-24-23-20(17-10-6-7-11-18(17)27-2)25(22)13-12-16-8-4-3-5-9-16/h3-11,15,19H,12-14H2,1-2H3/t15-,19-/m0/s1. The van der Waals surface area contributed by atoms with E-state index in [4.69, 9.17) is 9.47 Å². The summed E-state index contributed by atoms with van der Waals surface area (Å²) >= 11 is 1.43. The molecular formula is C22H23N3O3S. The molecule has 1 aromatic heterocycles. The predicted molar refractivity (Wildman–Crippen MR) is 112 cm³/mol. The van der Waals surface area contributed by atoms with Crippen LogP contribution in [0.2, 0.25) is 0 Å². The fourth-order valence-corrected chi connectivity index (χ4v) is 4.60. The van der Waals surface area contributed by atoms with Crippen LogP contribution in [0.1, 0.15) is 18.9 Å². The van der Waals surface area contributed by atoms with Crippen LogP contribution in [0, 0.1) is 0 Å². The lowest BCUT2D eigenvalue weighted by Crippen LogP contribution is -2.12. The summed E-state index contributed by atoms with van der Waals surface area (Å²) in [6, 6.07) is 18.1.